The smallest absolute Gasteiger partial charge is 0.370 e. The van der Waals surface area contributed by atoms with Gasteiger partial charge in [-0.2, -0.15) is 13.2 Å². The minimum Gasteiger partial charge on any atom is -0.370 e. The van der Waals surface area contributed by atoms with Gasteiger partial charge in [0.1, 0.15) is 0 Å². The minimum absolute atomic E-state index is 0. The van der Waals surface area contributed by atoms with Crippen molar-refractivity contribution in [1.82, 2.24) is 15.1 Å². The molecule has 0 amide bonds. The number of nitrogens with zero attached hydrogens (tertiary/aromatic N) is 3. The molecule has 0 spiro atoms. The van der Waals surface area contributed by atoms with Gasteiger partial charge >= 0.3 is 6.18 Å². The summed E-state index contributed by atoms with van der Waals surface area (Å²) >= 11 is 0. The van der Waals surface area contributed by atoms with Crippen molar-refractivity contribution in [3.05, 3.63) is 0 Å². The molecule has 2 aliphatic rings. The molecule has 2 heterocycles. The topological polar surface area (TPSA) is 56.9 Å². The molecule has 2 saturated heterocycles. The summed E-state index contributed by atoms with van der Waals surface area (Å²) in [5.74, 6) is 0.952. The molecule has 0 aromatic carbocycles. The molecule has 1 unspecified atom stereocenters. The largest absolute Gasteiger partial charge is 0.401 e. The molecule has 1 atom stereocenters. The highest BCUT2D eigenvalue weighted by atomic mass is 127. The number of likely N-dealkylation sites (N-methyl/N-ethyl adjacent to an activating group) is 1. The third kappa shape index (κ3) is 8.60. The number of guanidine groups is 1. The molecule has 2 rings (SSSR count). The van der Waals surface area contributed by atoms with Crippen LogP contribution in [0.25, 0.3) is 0 Å². The summed E-state index contributed by atoms with van der Waals surface area (Å²) in [6.45, 7) is 6.13. The van der Waals surface area contributed by atoms with Crippen molar-refractivity contribution < 1.29 is 13.2 Å². The van der Waals surface area contributed by atoms with E-state index >= 15 is 0 Å². The number of halogens is 4. The predicted octanol–water partition coefficient (Wildman–Crippen LogP) is 2.66. The van der Waals surface area contributed by atoms with Crippen molar-refractivity contribution in [2.75, 3.05) is 45.8 Å². The molecule has 0 saturated carbocycles. The molecule has 9 heteroatoms. The van der Waals surface area contributed by atoms with E-state index < -0.39 is 12.7 Å². The van der Waals surface area contributed by atoms with E-state index in [1.54, 1.807) is 0 Å². The molecule has 26 heavy (non-hydrogen) atoms. The molecule has 0 radical (unpaired) electrons. The number of nitrogens with one attached hydrogen (secondary N) is 1. The lowest BCUT2D eigenvalue weighted by atomic mass is 9.93. The Morgan fingerprint density at radius 3 is 2.50 bits per heavy atom. The fourth-order valence-corrected chi connectivity index (χ4v) is 3.87. The van der Waals surface area contributed by atoms with Crippen LogP contribution in [-0.4, -0.2) is 73.8 Å². The maximum atomic E-state index is 12.4. The Kier molecular flexibility index (Phi) is 10.5. The van der Waals surface area contributed by atoms with Gasteiger partial charge in [-0.3, -0.25) is 14.8 Å². The highest BCUT2D eigenvalue weighted by Crippen LogP contribution is 2.24. The number of hydrogen-bond donors (Lipinski definition) is 2. The van der Waals surface area contributed by atoms with Crippen molar-refractivity contribution in [2.45, 2.75) is 51.2 Å². The fourth-order valence-electron chi connectivity index (χ4n) is 3.87. The van der Waals surface area contributed by atoms with Gasteiger partial charge in [0.05, 0.1) is 13.1 Å². The van der Waals surface area contributed by atoms with E-state index in [-0.39, 0.29) is 24.0 Å². The first-order valence-corrected chi connectivity index (χ1v) is 9.44. The molecule has 0 aromatic rings. The van der Waals surface area contributed by atoms with Crippen molar-refractivity contribution in [3.63, 3.8) is 0 Å². The summed E-state index contributed by atoms with van der Waals surface area (Å²) in [5, 5.41) is 3.15. The first-order valence-electron chi connectivity index (χ1n) is 9.44. The monoisotopic (exact) mass is 491 g/mol. The molecular formula is C17H33F3IN5. The van der Waals surface area contributed by atoms with Gasteiger partial charge in [0.2, 0.25) is 0 Å². The molecule has 5 nitrogen and oxygen atoms in total. The average molecular weight is 491 g/mol. The van der Waals surface area contributed by atoms with Gasteiger partial charge in [-0.1, -0.05) is 6.92 Å². The Morgan fingerprint density at radius 2 is 1.88 bits per heavy atom. The number of alkyl halides is 3. The van der Waals surface area contributed by atoms with Crippen LogP contribution in [0.1, 0.15) is 39.0 Å². The number of aliphatic imine (C=N–C) groups is 1. The number of likely N-dealkylation sites (tertiary alicyclic amines) is 2. The average Bonchev–Trinajstić information content (AvgIpc) is 3.01. The second kappa shape index (κ2) is 11.5. The highest BCUT2D eigenvalue weighted by molar-refractivity contribution is 14.0. The molecule has 2 aliphatic heterocycles. The standard InChI is InChI=1S/C17H32F3N5.HI/c1-2-25-9-3-4-15(25)12-23-16(21)22-8-5-14-6-10-24(11-7-14)13-17(18,19)20;/h14-15H,2-13H2,1H3,(H3,21,22,23);1H. The van der Waals surface area contributed by atoms with Crippen LogP contribution in [0.5, 0.6) is 0 Å². The van der Waals surface area contributed by atoms with Crippen molar-refractivity contribution in [1.29, 1.82) is 0 Å². The van der Waals surface area contributed by atoms with Crippen LogP contribution in [0.4, 0.5) is 13.2 Å². The van der Waals surface area contributed by atoms with Crippen LogP contribution < -0.4 is 11.1 Å². The summed E-state index contributed by atoms with van der Waals surface area (Å²) in [7, 11) is 0. The highest BCUT2D eigenvalue weighted by Gasteiger charge is 2.32. The molecular weight excluding hydrogens is 458 g/mol. The van der Waals surface area contributed by atoms with Crippen LogP contribution in [0, 0.1) is 5.92 Å². The molecule has 0 aliphatic carbocycles. The maximum absolute atomic E-state index is 12.4. The molecule has 0 bridgehead atoms. The zero-order chi connectivity index (χ0) is 18.3. The fraction of sp³-hybridized carbons (Fsp3) is 0.941. The second-order valence-corrected chi connectivity index (χ2v) is 7.20. The van der Waals surface area contributed by atoms with E-state index in [1.165, 1.54) is 17.7 Å². The minimum atomic E-state index is -4.09. The van der Waals surface area contributed by atoms with Crippen LogP contribution >= 0.6 is 24.0 Å². The molecule has 2 fully saturated rings. The lowest BCUT2D eigenvalue weighted by Gasteiger charge is -2.32. The van der Waals surface area contributed by atoms with Crippen molar-refractivity contribution in [3.8, 4) is 0 Å². The van der Waals surface area contributed by atoms with Crippen LogP contribution in [-0.2, 0) is 0 Å². The van der Waals surface area contributed by atoms with Crippen LogP contribution in [0.2, 0.25) is 0 Å². The quantitative estimate of drug-likeness (QED) is 0.327. The summed E-state index contributed by atoms with van der Waals surface area (Å²) in [6.07, 6.45) is 0.896. The summed E-state index contributed by atoms with van der Waals surface area (Å²) in [5.41, 5.74) is 5.93. The molecule has 3 N–H and O–H groups in total. The van der Waals surface area contributed by atoms with Gasteiger partial charge in [0, 0.05) is 12.6 Å². The van der Waals surface area contributed by atoms with Gasteiger partial charge < -0.3 is 11.1 Å². The van der Waals surface area contributed by atoms with E-state index in [9.17, 15) is 13.2 Å². The second-order valence-electron chi connectivity index (χ2n) is 7.20. The van der Waals surface area contributed by atoms with Crippen molar-refractivity contribution in [2.24, 2.45) is 16.6 Å². The Balaban J connectivity index is 0.00000338. The Hall–Kier alpha value is -0.290. The van der Waals surface area contributed by atoms with Gasteiger partial charge in [-0.05, 0) is 64.2 Å². The maximum Gasteiger partial charge on any atom is 0.401 e. The van der Waals surface area contributed by atoms with E-state index in [1.807, 2.05) is 0 Å². The van der Waals surface area contributed by atoms with Crippen molar-refractivity contribution >= 4 is 29.9 Å². The van der Waals surface area contributed by atoms with Gasteiger partial charge in [-0.15, -0.1) is 24.0 Å². The van der Waals surface area contributed by atoms with Gasteiger partial charge in [0.15, 0.2) is 5.96 Å². The predicted molar refractivity (Wildman–Crippen MR) is 110 cm³/mol. The summed E-state index contributed by atoms with van der Waals surface area (Å²) in [6, 6.07) is 0.503. The summed E-state index contributed by atoms with van der Waals surface area (Å²) < 4.78 is 37.1. The Morgan fingerprint density at radius 1 is 1.19 bits per heavy atom. The van der Waals surface area contributed by atoms with Gasteiger partial charge in [0.25, 0.3) is 0 Å². The third-order valence-corrected chi connectivity index (χ3v) is 5.35. The van der Waals surface area contributed by atoms with Crippen LogP contribution in [0.3, 0.4) is 0 Å². The Bertz CT molecular complexity index is 425. The molecule has 154 valence electrons. The number of hydrogen-bond acceptors (Lipinski definition) is 3. The van der Waals surface area contributed by atoms with E-state index in [0.29, 0.717) is 31.0 Å². The Labute approximate surface area is 172 Å². The summed E-state index contributed by atoms with van der Waals surface area (Å²) in [4.78, 5) is 8.38. The number of rotatable bonds is 7. The molecule has 0 aromatic heterocycles. The number of piperidine rings is 1. The SMILES string of the molecule is CCN1CCCC1CN=C(N)NCCC1CCN(CC(F)(F)F)CC1.I. The lowest BCUT2D eigenvalue weighted by Crippen LogP contribution is -2.41. The van der Waals surface area contributed by atoms with Crippen LogP contribution in [0.15, 0.2) is 4.99 Å². The van der Waals surface area contributed by atoms with E-state index in [0.717, 1.165) is 45.4 Å². The van der Waals surface area contributed by atoms with E-state index in [2.05, 4.69) is 22.1 Å². The van der Waals surface area contributed by atoms with Gasteiger partial charge in [-0.25, -0.2) is 0 Å². The first kappa shape index (κ1) is 23.7. The zero-order valence-corrected chi connectivity index (χ0v) is 17.9. The first-order chi connectivity index (χ1) is 11.9. The normalized spacial score (nSPS) is 23.8. The van der Waals surface area contributed by atoms with E-state index in [4.69, 9.17) is 5.73 Å². The number of nitrogens with two attached hydrogens (primary N) is 1. The zero-order valence-electron chi connectivity index (χ0n) is 15.6. The third-order valence-electron chi connectivity index (χ3n) is 5.35. The lowest BCUT2D eigenvalue weighted by molar-refractivity contribution is -0.148.